The number of hydrogen-bond donors (Lipinski definition) is 3. The quantitative estimate of drug-likeness (QED) is 0.521. The number of carbonyl (C=O) groups is 2. The fourth-order valence-corrected chi connectivity index (χ4v) is 3.19. The van der Waals surface area contributed by atoms with Crippen molar-refractivity contribution in [2.24, 2.45) is 0 Å². The van der Waals surface area contributed by atoms with Crippen molar-refractivity contribution >= 4 is 37.8 Å². The van der Waals surface area contributed by atoms with E-state index in [9.17, 15) is 18.0 Å². The molecule has 1 aliphatic rings. The molecule has 21 heavy (non-hydrogen) atoms. The van der Waals surface area contributed by atoms with Gasteiger partial charge in [-0.25, -0.2) is 8.42 Å². The summed E-state index contributed by atoms with van der Waals surface area (Å²) in [6.07, 6.45) is 1.67. The molecule has 0 aromatic heterocycles. The molecule has 0 heterocycles. The van der Waals surface area contributed by atoms with Crippen molar-refractivity contribution in [3.8, 4) is 0 Å². The number of carbonyl (C=O) groups excluding carboxylic acids is 2. The number of hydrogen-bond acceptors (Lipinski definition) is 4. The van der Waals surface area contributed by atoms with E-state index >= 15 is 0 Å². The first kappa shape index (κ1) is 15.9. The van der Waals surface area contributed by atoms with E-state index in [0.717, 1.165) is 12.8 Å². The van der Waals surface area contributed by atoms with Gasteiger partial charge in [0.25, 0.3) is 10.0 Å². The monoisotopic (exact) mass is 375 g/mol. The van der Waals surface area contributed by atoms with Crippen LogP contribution in [0.15, 0.2) is 27.6 Å². The Kier molecular flexibility index (Phi) is 4.64. The molecule has 114 valence electrons. The van der Waals surface area contributed by atoms with Crippen LogP contribution in [0, 0.1) is 6.92 Å². The first-order valence-corrected chi connectivity index (χ1v) is 8.46. The van der Waals surface area contributed by atoms with Crippen LogP contribution in [0.4, 0.5) is 0 Å². The van der Waals surface area contributed by atoms with Crippen LogP contribution in [0.1, 0.15) is 18.4 Å². The molecule has 0 saturated heterocycles. The number of nitrogens with one attached hydrogen (secondary N) is 3. The van der Waals surface area contributed by atoms with Gasteiger partial charge in [-0.1, -0.05) is 22.0 Å². The Morgan fingerprint density at radius 2 is 1.90 bits per heavy atom. The molecule has 2 amide bonds. The second kappa shape index (κ2) is 6.12. The van der Waals surface area contributed by atoms with Crippen LogP contribution in [-0.2, 0) is 19.6 Å². The average Bonchev–Trinajstić information content (AvgIpc) is 3.22. The van der Waals surface area contributed by atoms with Crippen LogP contribution in [0.2, 0.25) is 0 Å². The lowest BCUT2D eigenvalue weighted by atomic mass is 10.2. The third kappa shape index (κ3) is 4.26. The fraction of sp³-hybridized carbons (Fsp3) is 0.333. The summed E-state index contributed by atoms with van der Waals surface area (Å²) in [5.41, 5.74) is 2.41. The van der Waals surface area contributed by atoms with Crippen molar-refractivity contribution in [1.29, 1.82) is 0 Å². The lowest BCUT2D eigenvalue weighted by Crippen LogP contribution is -2.48. The van der Waals surface area contributed by atoms with Gasteiger partial charge in [-0.3, -0.25) is 15.0 Å². The summed E-state index contributed by atoms with van der Waals surface area (Å²) < 4.78 is 24.8. The molecular weight excluding hydrogens is 362 g/mol. The van der Waals surface area contributed by atoms with Gasteiger partial charge in [0.1, 0.15) is 0 Å². The topological polar surface area (TPSA) is 104 Å². The number of hydrazine groups is 1. The molecule has 2 rings (SSSR count). The Morgan fingerprint density at radius 3 is 2.52 bits per heavy atom. The van der Waals surface area contributed by atoms with E-state index in [1.54, 1.807) is 19.1 Å². The Morgan fingerprint density at radius 1 is 1.24 bits per heavy atom. The molecule has 0 spiro atoms. The van der Waals surface area contributed by atoms with Crippen LogP contribution < -0.4 is 15.6 Å². The highest BCUT2D eigenvalue weighted by Gasteiger charge is 2.27. The normalized spacial score (nSPS) is 14.6. The summed E-state index contributed by atoms with van der Waals surface area (Å²) in [6.45, 7) is 1.63. The molecule has 0 radical (unpaired) electrons. The predicted molar refractivity (Wildman–Crippen MR) is 78.5 cm³/mol. The van der Waals surface area contributed by atoms with E-state index in [1.807, 2.05) is 10.3 Å². The maximum absolute atomic E-state index is 12.1. The second-order valence-corrected chi connectivity index (χ2v) is 7.28. The Balaban J connectivity index is 2.02. The third-order valence-corrected chi connectivity index (χ3v) is 4.74. The molecule has 1 aromatic carbocycles. The van der Waals surface area contributed by atoms with Crippen molar-refractivity contribution in [1.82, 2.24) is 15.6 Å². The Labute approximate surface area is 130 Å². The minimum atomic E-state index is -3.95. The minimum absolute atomic E-state index is 0.0137. The molecule has 0 unspecified atom stereocenters. The number of rotatable bonds is 4. The van der Waals surface area contributed by atoms with Crippen LogP contribution >= 0.6 is 15.9 Å². The van der Waals surface area contributed by atoms with Gasteiger partial charge in [0, 0.05) is 10.5 Å². The molecule has 7 nitrogen and oxygen atoms in total. The maximum Gasteiger partial charge on any atom is 0.324 e. The highest BCUT2D eigenvalue weighted by atomic mass is 79.9. The highest BCUT2D eigenvalue weighted by Crippen LogP contribution is 2.20. The van der Waals surface area contributed by atoms with E-state index in [4.69, 9.17) is 0 Å². The summed E-state index contributed by atoms with van der Waals surface area (Å²) in [4.78, 5) is 24.8. The SMILES string of the molecule is Cc1ccc(Br)cc1S(=O)(=O)NNC(=O)C(=O)NC1CC1. The van der Waals surface area contributed by atoms with Gasteiger partial charge >= 0.3 is 11.8 Å². The molecule has 0 aliphatic heterocycles. The molecule has 9 heteroatoms. The van der Waals surface area contributed by atoms with Gasteiger partial charge in [-0.15, -0.1) is 4.83 Å². The second-order valence-electron chi connectivity index (χ2n) is 4.72. The van der Waals surface area contributed by atoms with E-state index < -0.39 is 21.8 Å². The number of benzene rings is 1. The van der Waals surface area contributed by atoms with Crippen molar-refractivity contribution in [3.63, 3.8) is 0 Å². The Hall–Kier alpha value is -1.45. The smallest absolute Gasteiger partial charge is 0.324 e. The van der Waals surface area contributed by atoms with E-state index in [1.165, 1.54) is 6.07 Å². The maximum atomic E-state index is 12.1. The van der Waals surface area contributed by atoms with Gasteiger partial charge in [0.2, 0.25) is 0 Å². The molecule has 1 saturated carbocycles. The number of aryl methyl sites for hydroxylation is 1. The first-order valence-electron chi connectivity index (χ1n) is 6.18. The van der Waals surface area contributed by atoms with Gasteiger partial charge in [-0.05, 0) is 37.5 Å². The number of amides is 2. The predicted octanol–water partition coefficient (Wildman–Crippen LogP) is 0.346. The van der Waals surface area contributed by atoms with E-state index in [0.29, 0.717) is 10.0 Å². The summed E-state index contributed by atoms with van der Waals surface area (Å²) >= 11 is 3.18. The van der Waals surface area contributed by atoms with Gasteiger partial charge in [-0.2, -0.15) is 0 Å². The number of halogens is 1. The average molecular weight is 376 g/mol. The number of sulfonamides is 1. The van der Waals surface area contributed by atoms with Gasteiger partial charge < -0.3 is 5.32 Å². The minimum Gasteiger partial charge on any atom is -0.345 e. The van der Waals surface area contributed by atoms with Crippen LogP contribution in [-0.4, -0.2) is 26.3 Å². The summed E-state index contributed by atoms with van der Waals surface area (Å²) in [5.74, 6) is -1.90. The van der Waals surface area contributed by atoms with Gasteiger partial charge in [0.15, 0.2) is 0 Å². The van der Waals surface area contributed by atoms with Crippen LogP contribution in [0.5, 0.6) is 0 Å². The molecule has 3 N–H and O–H groups in total. The molecule has 1 aliphatic carbocycles. The standard InChI is InChI=1S/C12H14BrN3O4S/c1-7-2-3-8(13)6-10(7)21(19,20)16-15-12(18)11(17)14-9-4-5-9/h2-3,6,9,16H,4-5H2,1H3,(H,14,17)(H,15,18). The zero-order valence-corrected chi connectivity index (χ0v) is 13.5. The summed E-state index contributed by atoms with van der Waals surface area (Å²) in [7, 11) is -3.95. The summed E-state index contributed by atoms with van der Waals surface area (Å²) in [6, 6.07) is 4.76. The highest BCUT2D eigenvalue weighted by molar-refractivity contribution is 9.10. The Bertz CT molecular complexity index is 686. The molecule has 0 bridgehead atoms. The van der Waals surface area contributed by atoms with Crippen molar-refractivity contribution in [3.05, 3.63) is 28.2 Å². The lowest BCUT2D eigenvalue weighted by molar-refractivity contribution is -0.139. The zero-order valence-electron chi connectivity index (χ0n) is 11.1. The third-order valence-electron chi connectivity index (χ3n) is 2.86. The van der Waals surface area contributed by atoms with Crippen LogP contribution in [0.3, 0.4) is 0 Å². The van der Waals surface area contributed by atoms with E-state index in [2.05, 4.69) is 21.2 Å². The van der Waals surface area contributed by atoms with Crippen molar-refractivity contribution in [2.75, 3.05) is 0 Å². The zero-order chi connectivity index (χ0) is 15.6. The lowest BCUT2D eigenvalue weighted by Gasteiger charge is -2.10. The van der Waals surface area contributed by atoms with E-state index in [-0.39, 0.29) is 10.9 Å². The molecule has 1 aromatic rings. The van der Waals surface area contributed by atoms with Gasteiger partial charge in [0.05, 0.1) is 4.90 Å². The van der Waals surface area contributed by atoms with Crippen molar-refractivity contribution in [2.45, 2.75) is 30.7 Å². The molecule has 1 fully saturated rings. The van der Waals surface area contributed by atoms with Crippen LogP contribution in [0.25, 0.3) is 0 Å². The first-order chi connectivity index (χ1) is 9.79. The largest absolute Gasteiger partial charge is 0.345 e. The molecule has 0 atom stereocenters. The fourth-order valence-electron chi connectivity index (χ4n) is 1.57. The summed E-state index contributed by atoms with van der Waals surface area (Å²) in [5, 5.41) is 2.46. The van der Waals surface area contributed by atoms with Crippen molar-refractivity contribution < 1.29 is 18.0 Å². The molecular formula is C12H14BrN3O4S.